The molecule has 1 amide bonds. The minimum Gasteiger partial charge on any atom is -0.352 e. The number of nitrogens with one attached hydrogen (secondary N) is 1. The first kappa shape index (κ1) is 18.2. The maximum atomic E-state index is 13.1. The highest BCUT2D eigenvalue weighted by molar-refractivity contribution is 5.78. The van der Waals surface area contributed by atoms with E-state index in [1.165, 1.54) is 11.0 Å². The van der Waals surface area contributed by atoms with Crippen molar-refractivity contribution in [2.45, 2.75) is 44.7 Å². The molecule has 0 unspecified atom stereocenters. The van der Waals surface area contributed by atoms with E-state index in [0.717, 1.165) is 30.3 Å². The fourth-order valence-electron chi connectivity index (χ4n) is 3.80. The lowest BCUT2D eigenvalue weighted by molar-refractivity contribution is -0.122. The van der Waals surface area contributed by atoms with Crippen LogP contribution in [0.5, 0.6) is 0 Å². The fraction of sp³-hybridized carbons (Fsp3) is 0.333. The molecule has 2 aromatic heterocycles. The van der Waals surface area contributed by atoms with Crippen molar-refractivity contribution in [2.75, 3.05) is 0 Å². The molecule has 1 N–H and O–H groups in total. The maximum Gasteiger partial charge on any atom is 0.337 e. The SMILES string of the molecule is O=C(Cn1c(=O)c2cccnc2n(-c2ccccc2)c1=O)NC1CCCCC1. The predicted octanol–water partition coefficient (Wildman–Crippen LogP) is 2.00. The van der Waals surface area contributed by atoms with Gasteiger partial charge in [0.15, 0.2) is 5.65 Å². The molecule has 7 nitrogen and oxygen atoms in total. The number of carbonyl (C=O) groups is 1. The van der Waals surface area contributed by atoms with Crippen molar-refractivity contribution >= 4 is 16.9 Å². The van der Waals surface area contributed by atoms with Crippen LogP contribution in [0.2, 0.25) is 0 Å². The molecule has 0 spiro atoms. The molecule has 1 saturated carbocycles. The van der Waals surface area contributed by atoms with Gasteiger partial charge in [-0.1, -0.05) is 37.5 Å². The van der Waals surface area contributed by atoms with E-state index in [2.05, 4.69) is 10.3 Å². The van der Waals surface area contributed by atoms with Gasteiger partial charge in [0.1, 0.15) is 6.54 Å². The lowest BCUT2D eigenvalue weighted by Gasteiger charge is -2.23. The Labute approximate surface area is 161 Å². The molecule has 0 saturated heterocycles. The van der Waals surface area contributed by atoms with E-state index in [1.54, 1.807) is 30.5 Å². The van der Waals surface area contributed by atoms with Gasteiger partial charge < -0.3 is 5.32 Å². The van der Waals surface area contributed by atoms with Crippen LogP contribution in [0.25, 0.3) is 16.7 Å². The summed E-state index contributed by atoms with van der Waals surface area (Å²) in [5.41, 5.74) is -0.189. The number of para-hydroxylation sites is 1. The van der Waals surface area contributed by atoms with Crippen molar-refractivity contribution in [2.24, 2.45) is 0 Å². The van der Waals surface area contributed by atoms with Gasteiger partial charge >= 0.3 is 5.69 Å². The van der Waals surface area contributed by atoms with E-state index >= 15 is 0 Å². The highest BCUT2D eigenvalue weighted by Crippen LogP contribution is 2.17. The van der Waals surface area contributed by atoms with Crippen molar-refractivity contribution < 1.29 is 4.79 Å². The minimum absolute atomic E-state index is 0.121. The molecule has 1 fully saturated rings. The summed E-state index contributed by atoms with van der Waals surface area (Å²) >= 11 is 0. The van der Waals surface area contributed by atoms with Gasteiger partial charge in [0.25, 0.3) is 5.56 Å². The highest BCUT2D eigenvalue weighted by atomic mass is 16.2. The molecule has 2 heterocycles. The number of hydrogen-bond donors (Lipinski definition) is 1. The monoisotopic (exact) mass is 378 g/mol. The smallest absolute Gasteiger partial charge is 0.337 e. The van der Waals surface area contributed by atoms with Gasteiger partial charge in [-0.25, -0.2) is 18.9 Å². The second kappa shape index (κ2) is 7.80. The van der Waals surface area contributed by atoms with Gasteiger partial charge in [-0.3, -0.25) is 9.59 Å². The van der Waals surface area contributed by atoms with Crippen LogP contribution in [0, 0.1) is 0 Å². The fourth-order valence-corrected chi connectivity index (χ4v) is 3.80. The van der Waals surface area contributed by atoms with Gasteiger partial charge in [-0.15, -0.1) is 0 Å². The van der Waals surface area contributed by atoms with Gasteiger partial charge in [0.05, 0.1) is 11.1 Å². The Kier molecular flexibility index (Phi) is 5.06. The van der Waals surface area contributed by atoms with Gasteiger partial charge in [-0.05, 0) is 37.1 Å². The molecule has 0 bridgehead atoms. The van der Waals surface area contributed by atoms with Crippen LogP contribution in [0.15, 0.2) is 58.3 Å². The molecule has 1 aromatic carbocycles. The molecule has 28 heavy (non-hydrogen) atoms. The van der Waals surface area contributed by atoms with Gasteiger partial charge in [0.2, 0.25) is 5.91 Å². The van der Waals surface area contributed by atoms with Gasteiger partial charge in [0, 0.05) is 12.2 Å². The largest absolute Gasteiger partial charge is 0.352 e. The number of amides is 1. The molecular weight excluding hydrogens is 356 g/mol. The first-order valence-corrected chi connectivity index (χ1v) is 9.60. The molecule has 0 atom stereocenters. The summed E-state index contributed by atoms with van der Waals surface area (Å²) in [5.74, 6) is -0.311. The Bertz CT molecular complexity index is 1110. The summed E-state index contributed by atoms with van der Waals surface area (Å²) in [4.78, 5) is 42.8. The van der Waals surface area contributed by atoms with Gasteiger partial charge in [-0.2, -0.15) is 0 Å². The Hall–Kier alpha value is -3.22. The minimum atomic E-state index is -0.568. The molecule has 1 aliphatic carbocycles. The van der Waals surface area contributed by atoms with Crippen molar-refractivity contribution in [3.05, 3.63) is 69.5 Å². The van der Waals surface area contributed by atoms with Crippen LogP contribution in [0.1, 0.15) is 32.1 Å². The number of fused-ring (bicyclic) bond motifs is 1. The van der Waals surface area contributed by atoms with Crippen LogP contribution in [-0.2, 0) is 11.3 Å². The Balaban J connectivity index is 1.77. The van der Waals surface area contributed by atoms with Crippen LogP contribution in [0.3, 0.4) is 0 Å². The van der Waals surface area contributed by atoms with Crippen molar-refractivity contribution in [1.82, 2.24) is 19.4 Å². The Morgan fingerprint density at radius 1 is 1.04 bits per heavy atom. The molecule has 144 valence electrons. The Morgan fingerprint density at radius 3 is 2.54 bits per heavy atom. The number of nitrogens with zero attached hydrogens (tertiary/aromatic N) is 3. The third-order valence-electron chi connectivity index (χ3n) is 5.18. The lowest BCUT2D eigenvalue weighted by Crippen LogP contribution is -2.45. The normalized spacial score (nSPS) is 14.9. The summed E-state index contributed by atoms with van der Waals surface area (Å²) in [6.07, 6.45) is 6.79. The van der Waals surface area contributed by atoms with E-state index in [1.807, 2.05) is 18.2 Å². The second-order valence-electron chi connectivity index (χ2n) is 7.12. The van der Waals surface area contributed by atoms with E-state index < -0.39 is 11.2 Å². The maximum absolute atomic E-state index is 13.1. The van der Waals surface area contributed by atoms with Crippen LogP contribution in [-0.4, -0.2) is 26.1 Å². The zero-order valence-corrected chi connectivity index (χ0v) is 15.5. The quantitative estimate of drug-likeness (QED) is 0.752. The zero-order chi connectivity index (χ0) is 19.5. The number of hydrogen-bond acceptors (Lipinski definition) is 4. The van der Waals surface area contributed by atoms with Crippen molar-refractivity contribution in [1.29, 1.82) is 0 Å². The molecule has 7 heteroatoms. The third kappa shape index (κ3) is 3.47. The van der Waals surface area contributed by atoms with E-state index in [-0.39, 0.29) is 24.1 Å². The topological polar surface area (TPSA) is 86.0 Å². The average Bonchev–Trinajstić information content (AvgIpc) is 2.73. The van der Waals surface area contributed by atoms with Crippen molar-refractivity contribution in [3.8, 4) is 5.69 Å². The molecule has 3 aromatic rings. The van der Waals surface area contributed by atoms with Crippen LogP contribution >= 0.6 is 0 Å². The summed E-state index contributed by atoms with van der Waals surface area (Å²) in [6.45, 7) is -0.300. The van der Waals surface area contributed by atoms with Crippen LogP contribution < -0.4 is 16.6 Å². The van der Waals surface area contributed by atoms with E-state index in [0.29, 0.717) is 11.1 Å². The van der Waals surface area contributed by atoms with E-state index in [9.17, 15) is 14.4 Å². The molecule has 0 radical (unpaired) electrons. The first-order chi connectivity index (χ1) is 13.6. The Morgan fingerprint density at radius 2 is 1.79 bits per heavy atom. The number of carbonyl (C=O) groups excluding carboxylic acids is 1. The molecule has 4 rings (SSSR count). The number of pyridine rings is 1. The highest BCUT2D eigenvalue weighted by Gasteiger charge is 2.20. The number of benzene rings is 1. The standard InChI is InChI=1S/C21H22N4O3/c26-18(23-15-8-3-1-4-9-15)14-24-20(27)17-12-7-13-22-19(17)25(21(24)28)16-10-5-2-6-11-16/h2,5-7,10-13,15H,1,3-4,8-9,14H2,(H,23,26). The lowest BCUT2D eigenvalue weighted by atomic mass is 9.95. The zero-order valence-electron chi connectivity index (χ0n) is 15.5. The van der Waals surface area contributed by atoms with Crippen LogP contribution in [0.4, 0.5) is 0 Å². The summed E-state index contributed by atoms with van der Waals surface area (Å²) < 4.78 is 2.37. The molecule has 0 aliphatic heterocycles. The molecular formula is C21H22N4O3. The third-order valence-corrected chi connectivity index (χ3v) is 5.18. The van der Waals surface area contributed by atoms with Crippen molar-refractivity contribution in [3.63, 3.8) is 0 Å². The van der Waals surface area contributed by atoms with E-state index in [4.69, 9.17) is 0 Å². The summed E-state index contributed by atoms with van der Waals surface area (Å²) in [6, 6.07) is 12.4. The summed E-state index contributed by atoms with van der Waals surface area (Å²) in [5, 5.41) is 3.27. The second-order valence-corrected chi connectivity index (χ2v) is 7.12. The average molecular weight is 378 g/mol. The predicted molar refractivity (Wildman–Crippen MR) is 107 cm³/mol. The summed E-state index contributed by atoms with van der Waals surface area (Å²) in [7, 11) is 0. The molecule has 1 aliphatic rings. The number of rotatable bonds is 4. The number of aromatic nitrogens is 3. The first-order valence-electron chi connectivity index (χ1n) is 9.60.